The summed E-state index contributed by atoms with van der Waals surface area (Å²) < 4.78 is 0. The lowest BCUT2D eigenvalue weighted by atomic mass is 9.99. The number of nitrogens with two attached hydrogens (primary N) is 1. The van der Waals surface area contributed by atoms with Crippen molar-refractivity contribution in [2.45, 2.75) is 25.6 Å². The standard InChI is InChI=1S/C16H21N3/c1-13(17)16(15-8-4-3-5-9-15)19(2)12-14-7-6-10-18-11-14/h3-11,13,16H,12,17H2,1-2H3. The van der Waals surface area contributed by atoms with Gasteiger partial charge in [0.15, 0.2) is 0 Å². The highest BCUT2D eigenvalue weighted by Crippen LogP contribution is 2.23. The molecule has 1 aromatic heterocycles. The van der Waals surface area contributed by atoms with Crippen LogP contribution < -0.4 is 5.73 Å². The zero-order chi connectivity index (χ0) is 13.7. The summed E-state index contributed by atoms with van der Waals surface area (Å²) in [5.41, 5.74) is 8.62. The molecule has 2 aromatic rings. The zero-order valence-electron chi connectivity index (χ0n) is 11.5. The molecule has 1 aromatic carbocycles. The van der Waals surface area contributed by atoms with Crippen LogP contribution in [0.1, 0.15) is 24.1 Å². The lowest BCUT2D eigenvalue weighted by molar-refractivity contribution is 0.211. The minimum absolute atomic E-state index is 0.0732. The first kappa shape index (κ1) is 13.7. The van der Waals surface area contributed by atoms with E-state index in [0.29, 0.717) is 0 Å². The molecule has 2 unspecified atom stereocenters. The van der Waals surface area contributed by atoms with Crippen molar-refractivity contribution in [3.8, 4) is 0 Å². The highest BCUT2D eigenvalue weighted by atomic mass is 15.1. The van der Waals surface area contributed by atoms with Crippen LogP contribution in [0.15, 0.2) is 54.9 Å². The number of aromatic nitrogens is 1. The quantitative estimate of drug-likeness (QED) is 0.893. The van der Waals surface area contributed by atoms with Gasteiger partial charge in [0, 0.05) is 31.0 Å². The molecule has 2 atom stereocenters. The van der Waals surface area contributed by atoms with Crippen LogP contribution in [-0.2, 0) is 6.54 Å². The molecule has 0 aliphatic heterocycles. The lowest BCUT2D eigenvalue weighted by Gasteiger charge is -2.31. The molecule has 0 amide bonds. The van der Waals surface area contributed by atoms with E-state index in [1.54, 1.807) is 6.20 Å². The van der Waals surface area contributed by atoms with E-state index in [9.17, 15) is 0 Å². The molecule has 1 heterocycles. The Labute approximate surface area is 115 Å². The van der Waals surface area contributed by atoms with Gasteiger partial charge < -0.3 is 5.73 Å². The summed E-state index contributed by atoms with van der Waals surface area (Å²) in [6.07, 6.45) is 3.70. The Kier molecular flexibility index (Phi) is 4.66. The maximum Gasteiger partial charge on any atom is 0.0496 e. The highest BCUT2D eigenvalue weighted by Gasteiger charge is 2.20. The SMILES string of the molecule is CC(N)C(c1ccccc1)N(C)Cc1cccnc1. The number of hydrogen-bond donors (Lipinski definition) is 1. The molecule has 0 bridgehead atoms. The van der Waals surface area contributed by atoms with Gasteiger partial charge in [0.1, 0.15) is 0 Å². The van der Waals surface area contributed by atoms with Crippen molar-refractivity contribution in [1.82, 2.24) is 9.88 Å². The first-order valence-electron chi connectivity index (χ1n) is 6.58. The average Bonchev–Trinajstić information content (AvgIpc) is 2.40. The van der Waals surface area contributed by atoms with Gasteiger partial charge in [-0.25, -0.2) is 0 Å². The Morgan fingerprint density at radius 3 is 2.47 bits per heavy atom. The maximum absolute atomic E-state index is 6.17. The summed E-state index contributed by atoms with van der Waals surface area (Å²) in [7, 11) is 2.11. The van der Waals surface area contributed by atoms with Gasteiger partial charge >= 0.3 is 0 Å². The lowest BCUT2D eigenvalue weighted by Crippen LogP contribution is -2.36. The second kappa shape index (κ2) is 6.45. The Bertz CT molecular complexity index is 482. The number of benzene rings is 1. The van der Waals surface area contributed by atoms with E-state index in [1.807, 2.05) is 18.3 Å². The third kappa shape index (κ3) is 3.63. The number of likely N-dealkylation sites (N-methyl/N-ethyl adjacent to an activating group) is 1. The molecule has 0 aliphatic rings. The van der Waals surface area contributed by atoms with Crippen molar-refractivity contribution < 1.29 is 0 Å². The van der Waals surface area contributed by atoms with Crippen LogP contribution in [0, 0.1) is 0 Å². The Hall–Kier alpha value is -1.71. The van der Waals surface area contributed by atoms with Crippen molar-refractivity contribution in [1.29, 1.82) is 0 Å². The smallest absolute Gasteiger partial charge is 0.0496 e. The molecule has 19 heavy (non-hydrogen) atoms. The van der Waals surface area contributed by atoms with Crippen molar-refractivity contribution in [2.75, 3.05) is 7.05 Å². The molecular weight excluding hydrogens is 234 g/mol. The van der Waals surface area contributed by atoms with Crippen LogP contribution in [0.5, 0.6) is 0 Å². The predicted octanol–water partition coefficient (Wildman–Crippen LogP) is 2.60. The first-order valence-corrected chi connectivity index (χ1v) is 6.58. The van der Waals surface area contributed by atoms with Crippen LogP contribution in [0.3, 0.4) is 0 Å². The molecule has 0 fully saturated rings. The molecule has 2 N–H and O–H groups in total. The number of nitrogens with zero attached hydrogens (tertiary/aromatic N) is 2. The van der Waals surface area contributed by atoms with Gasteiger partial charge in [-0.05, 0) is 31.2 Å². The molecule has 3 heteroatoms. The minimum Gasteiger partial charge on any atom is -0.326 e. The molecule has 0 saturated carbocycles. The fourth-order valence-electron chi connectivity index (χ4n) is 2.49. The van der Waals surface area contributed by atoms with Crippen molar-refractivity contribution >= 4 is 0 Å². The van der Waals surface area contributed by atoms with Gasteiger partial charge in [-0.3, -0.25) is 9.88 Å². The van der Waals surface area contributed by atoms with Crippen molar-refractivity contribution in [3.63, 3.8) is 0 Å². The van der Waals surface area contributed by atoms with Crippen LogP contribution >= 0.6 is 0 Å². The highest BCUT2D eigenvalue weighted by molar-refractivity contribution is 5.21. The second-order valence-corrected chi connectivity index (χ2v) is 4.99. The largest absolute Gasteiger partial charge is 0.326 e. The third-order valence-electron chi connectivity index (χ3n) is 3.27. The molecule has 0 saturated heterocycles. The summed E-state index contributed by atoms with van der Waals surface area (Å²) >= 11 is 0. The van der Waals surface area contributed by atoms with Gasteiger partial charge in [0.05, 0.1) is 0 Å². The summed E-state index contributed by atoms with van der Waals surface area (Å²) in [5, 5.41) is 0. The predicted molar refractivity (Wildman–Crippen MR) is 78.5 cm³/mol. The van der Waals surface area contributed by atoms with Crippen LogP contribution in [-0.4, -0.2) is 23.0 Å². The first-order chi connectivity index (χ1) is 9.18. The molecule has 2 rings (SSSR count). The molecular formula is C16H21N3. The van der Waals surface area contributed by atoms with E-state index in [-0.39, 0.29) is 12.1 Å². The molecule has 0 aliphatic carbocycles. The van der Waals surface area contributed by atoms with Gasteiger partial charge in [0.25, 0.3) is 0 Å². The fourth-order valence-corrected chi connectivity index (χ4v) is 2.49. The van der Waals surface area contributed by atoms with Gasteiger partial charge in [-0.1, -0.05) is 36.4 Å². The van der Waals surface area contributed by atoms with E-state index >= 15 is 0 Å². The monoisotopic (exact) mass is 255 g/mol. The van der Waals surface area contributed by atoms with Crippen molar-refractivity contribution in [3.05, 3.63) is 66.0 Å². The number of rotatable bonds is 5. The number of hydrogen-bond acceptors (Lipinski definition) is 3. The fraction of sp³-hybridized carbons (Fsp3) is 0.312. The summed E-state index contributed by atoms with van der Waals surface area (Å²) in [6.45, 7) is 2.90. The molecule has 100 valence electrons. The van der Waals surface area contributed by atoms with Crippen LogP contribution in [0.25, 0.3) is 0 Å². The average molecular weight is 255 g/mol. The van der Waals surface area contributed by atoms with Crippen molar-refractivity contribution in [2.24, 2.45) is 5.73 Å². The molecule has 3 nitrogen and oxygen atoms in total. The summed E-state index contributed by atoms with van der Waals surface area (Å²) in [4.78, 5) is 6.43. The third-order valence-corrected chi connectivity index (χ3v) is 3.27. The number of pyridine rings is 1. The summed E-state index contributed by atoms with van der Waals surface area (Å²) in [5.74, 6) is 0. The van der Waals surface area contributed by atoms with Crippen LogP contribution in [0.2, 0.25) is 0 Å². The van der Waals surface area contributed by atoms with E-state index in [0.717, 1.165) is 6.54 Å². The van der Waals surface area contributed by atoms with E-state index in [1.165, 1.54) is 11.1 Å². The maximum atomic E-state index is 6.17. The zero-order valence-corrected chi connectivity index (χ0v) is 11.5. The Balaban J connectivity index is 2.16. The molecule has 0 radical (unpaired) electrons. The Morgan fingerprint density at radius 1 is 1.16 bits per heavy atom. The van der Waals surface area contributed by atoms with Gasteiger partial charge in [-0.2, -0.15) is 0 Å². The topological polar surface area (TPSA) is 42.1 Å². The normalized spacial score (nSPS) is 14.3. The minimum atomic E-state index is 0.0732. The summed E-state index contributed by atoms with van der Waals surface area (Å²) in [6, 6.07) is 14.8. The van der Waals surface area contributed by atoms with E-state index in [2.05, 4.69) is 54.2 Å². The van der Waals surface area contributed by atoms with E-state index in [4.69, 9.17) is 5.73 Å². The van der Waals surface area contributed by atoms with Crippen LogP contribution in [0.4, 0.5) is 0 Å². The van der Waals surface area contributed by atoms with E-state index < -0.39 is 0 Å². The molecule has 0 spiro atoms. The Morgan fingerprint density at radius 2 is 1.89 bits per heavy atom. The van der Waals surface area contributed by atoms with Gasteiger partial charge in [-0.15, -0.1) is 0 Å². The second-order valence-electron chi connectivity index (χ2n) is 4.99. The van der Waals surface area contributed by atoms with Gasteiger partial charge in [0.2, 0.25) is 0 Å².